The molecule has 1 aliphatic rings. The minimum atomic E-state index is -0.976. The number of para-hydroxylation sites is 1. The van der Waals surface area contributed by atoms with Crippen molar-refractivity contribution >= 4 is 29.3 Å². The summed E-state index contributed by atoms with van der Waals surface area (Å²) in [7, 11) is 0. The number of nitrogens with one attached hydrogen (secondary N) is 2. The third-order valence-corrected chi connectivity index (χ3v) is 5.48. The van der Waals surface area contributed by atoms with E-state index < -0.39 is 11.9 Å². The molecule has 9 nitrogen and oxygen atoms in total. The van der Waals surface area contributed by atoms with E-state index in [1.807, 2.05) is 19.1 Å². The molecule has 150 valence electrons. The lowest BCUT2D eigenvalue weighted by molar-refractivity contribution is -0.174. The Kier molecular flexibility index (Phi) is 5.73. The molecule has 1 aromatic carbocycles. The van der Waals surface area contributed by atoms with E-state index in [1.165, 1.54) is 0 Å². The first-order valence-corrected chi connectivity index (χ1v) is 9.39. The van der Waals surface area contributed by atoms with Crippen molar-refractivity contribution in [2.75, 3.05) is 5.43 Å². The molecule has 3 rings (SSSR count). The number of carbonyl (C=O) groups is 2. The van der Waals surface area contributed by atoms with Crippen LogP contribution in [0.2, 0.25) is 0 Å². The van der Waals surface area contributed by atoms with Gasteiger partial charge in [-0.25, -0.2) is 10.0 Å². The molecule has 1 atom stereocenters. The number of hydrazine groups is 1. The highest BCUT2D eigenvalue weighted by molar-refractivity contribution is 5.84. The Morgan fingerprint density at radius 2 is 2.04 bits per heavy atom. The average Bonchev–Trinajstić information content (AvgIpc) is 2.68. The second kappa shape index (κ2) is 8.05. The molecule has 0 aliphatic heterocycles. The molecule has 1 fully saturated rings. The lowest BCUT2D eigenvalue weighted by Crippen LogP contribution is -2.52. The molecule has 0 saturated heterocycles. The number of nitrogens with zero attached hydrogens (tertiary/aromatic N) is 4. The Bertz CT molecular complexity index is 862. The fraction of sp³-hybridized carbons (Fsp3) is 0.526. The van der Waals surface area contributed by atoms with Crippen LogP contribution in [0.15, 0.2) is 18.2 Å². The molecule has 1 saturated carbocycles. The molecule has 0 bridgehead atoms. The molecule has 0 radical (unpaired) electrons. The van der Waals surface area contributed by atoms with Gasteiger partial charge in [0.15, 0.2) is 0 Å². The number of hydroxylamine groups is 2. The Morgan fingerprint density at radius 1 is 1.32 bits per heavy atom. The summed E-state index contributed by atoms with van der Waals surface area (Å²) in [6, 6.07) is 4.61. The van der Waals surface area contributed by atoms with Gasteiger partial charge in [0, 0.05) is 0 Å². The summed E-state index contributed by atoms with van der Waals surface area (Å²) < 4.78 is 0. The quantitative estimate of drug-likeness (QED) is 0.395. The molecular formula is C19H26N6O3. The smallest absolute Gasteiger partial charge is 0.264 e. The molecule has 2 aromatic rings. The van der Waals surface area contributed by atoms with Crippen LogP contribution in [-0.2, 0) is 9.59 Å². The van der Waals surface area contributed by atoms with Crippen LogP contribution in [0.4, 0.5) is 5.95 Å². The SMILES string of the molecule is Cc1cccc2nnc(NNC(=O)C(C3CCC(C)(C)CC3)N(O)C=O)nc12. The van der Waals surface area contributed by atoms with E-state index in [-0.39, 0.29) is 23.7 Å². The third kappa shape index (κ3) is 4.36. The molecule has 1 unspecified atom stereocenters. The Hall–Kier alpha value is -2.81. The number of hydrogen-bond acceptors (Lipinski definition) is 7. The van der Waals surface area contributed by atoms with Gasteiger partial charge >= 0.3 is 0 Å². The Balaban J connectivity index is 1.70. The number of carbonyl (C=O) groups excluding carboxylic acids is 2. The normalized spacial score (nSPS) is 17.7. The zero-order chi connectivity index (χ0) is 20.3. The number of hydrogen-bond donors (Lipinski definition) is 3. The predicted molar refractivity (Wildman–Crippen MR) is 103 cm³/mol. The number of rotatable bonds is 6. The monoisotopic (exact) mass is 386 g/mol. The number of aromatic nitrogens is 3. The van der Waals surface area contributed by atoms with Gasteiger partial charge in [-0.15, -0.1) is 10.2 Å². The summed E-state index contributed by atoms with van der Waals surface area (Å²) in [6.07, 6.45) is 3.63. The van der Waals surface area contributed by atoms with Gasteiger partial charge in [0.25, 0.3) is 11.9 Å². The van der Waals surface area contributed by atoms with E-state index >= 15 is 0 Å². The standard InChI is InChI=1S/C19H26N6O3/c1-12-5-4-6-14-15(12)20-18(23-21-14)24-22-17(27)16(25(28)11-26)13-7-9-19(2,3)10-8-13/h4-6,11,13,16,28H,7-10H2,1-3H3,(H,22,27)(H,20,23,24). The van der Waals surface area contributed by atoms with Crippen LogP contribution in [0.25, 0.3) is 11.0 Å². The zero-order valence-electron chi connectivity index (χ0n) is 16.3. The first kappa shape index (κ1) is 19.9. The van der Waals surface area contributed by atoms with Crippen LogP contribution in [0, 0.1) is 18.3 Å². The predicted octanol–water partition coefficient (Wildman–Crippen LogP) is 2.21. The molecule has 28 heavy (non-hydrogen) atoms. The lowest BCUT2D eigenvalue weighted by Gasteiger charge is -2.38. The third-order valence-electron chi connectivity index (χ3n) is 5.48. The molecule has 1 aromatic heterocycles. The highest BCUT2D eigenvalue weighted by Crippen LogP contribution is 2.39. The van der Waals surface area contributed by atoms with Crippen LogP contribution < -0.4 is 10.9 Å². The number of anilines is 1. The maximum atomic E-state index is 12.7. The number of amides is 2. The van der Waals surface area contributed by atoms with Crippen molar-refractivity contribution in [2.24, 2.45) is 11.3 Å². The molecular weight excluding hydrogens is 360 g/mol. The molecule has 1 heterocycles. The first-order valence-electron chi connectivity index (χ1n) is 9.39. The van der Waals surface area contributed by atoms with Crippen LogP contribution >= 0.6 is 0 Å². The summed E-state index contributed by atoms with van der Waals surface area (Å²) in [4.78, 5) is 28.2. The molecule has 3 N–H and O–H groups in total. The highest BCUT2D eigenvalue weighted by Gasteiger charge is 2.38. The van der Waals surface area contributed by atoms with Gasteiger partial charge in [-0.3, -0.25) is 25.6 Å². The summed E-state index contributed by atoms with van der Waals surface area (Å²) in [5.74, 6) is -0.509. The van der Waals surface area contributed by atoms with Crippen molar-refractivity contribution in [3.63, 3.8) is 0 Å². The first-order chi connectivity index (χ1) is 13.3. The molecule has 1 aliphatic carbocycles. The highest BCUT2D eigenvalue weighted by atomic mass is 16.5. The van der Waals surface area contributed by atoms with Gasteiger partial charge in [-0.1, -0.05) is 26.0 Å². The second-order valence-corrected chi connectivity index (χ2v) is 8.12. The fourth-order valence-electron chi connectivity index (χ4n) is 3.70. The fourth-order valence-corrected chi connectivity index (χ4v) is 3.70. The number of fused-ring (bicyclic) bond motifs is 1. The van der Waals surface area contributed by atoms with Crippen molar-refractivity contribution < 1.29 is 14.8 Å². The largest absolute Gasteiger partial charge is 0.285 e. The van der Waals surface area contributed by atoms with Crippen molar-refractivity contribution in [3.8, 4) is 0 Å². The van der Waals surface area contributed by atoms with E-state index in [9.17, 15) is 14.8 Å². The zero-order valence-corrected chi connectivity index (χ0v) is 16.3. The summed E-state index contributed by atoms with van der Waals surface area (Å²) >= 11 is 0. The van der Waals surface area contributed by atoms with Crippen molar-refractivity contribution in [1.82, 2.24) is 25.7 Å². The van der Waals surface area contributed by atoms with Crippen LogP contribution in [0.3, 0.4) is 0 Å². The van der Waals surface area contributed by atoms with E-state index in [0.29, 0.717) is 16.1 Å². The van der Waals surface area contributed by atoms with Gasteiger partial charge in [0.2, 0.25) is 6.41 Å². The van der Waals surface area contributed by atoms with E-state index in [2.05, 4.69) is 39.9 Å². The average molecular weight is 386 g/mol. The minimum Gasteiger partial charge on any atom is -0.285 e. The molecule has 0 spiro atoms. The summed E-state index contributed by atoms with van der Waals surface area (Å²) in [6.45, 7) is 6.28. The Morgan fingerprint density at radius 3 is 2.71 bits per heavy atom. The van der Waals surface area contributed by atoms with Crippen LogP contribution in [0.5, 0.6) is 0 Å². The maximum Gasteiger partial charge on any atom is 0.264 e. The van der Waals surface area contributed by atoms with Crippen molar-refractivity contribution in [3.05, 3.63) is 23.8 Å². The number of aryl methyl sites for hydroxylation is 1. The van der Waals surface area contributed by atoms with Gasteiger partial charge < -0.3 is 0 Å². The van der Waals surface area contributed by atoms with Gasteiger partial charge in [0.05, 0.1) is 5.52 Å². The van der Waals surface area contributed by atoms with Gasteiger partial charge in [-0.05, 0) is 55.6 Å². The summed E-state index contributed by atoms with van der Waals surface area (Å²) in [5.41, 5.74) is 7.62. The van der Waals surface area contributed by atoms with Gasteiger partial charge in [0.1, 0.15) is 11.6 Å². The molecule has 9 heteroatoms. The topological polar surface area (TPSA) is 120 Å². The second-order valence-electron chi connectivity index (χ2n) is 8.12. The number of benzene rings is 1. The van der Waals surface area contributed by atoms with Gasteiger partial charge in [-0.2, -0.15) is 0 Å². The Labute approximate surface area is 163 Å². The van der Waals surface area contributed by atoms with Crippen molar-refractivity contribution in [2.45, 2.75) is 52.5 Å². The van der Waals surface area contributed by atoms with Crippen LogP contribution in [0.1, 0.15) is 45.1 Å². The lowest BCUT2D eigenvalue weighted by atomic mass is 9.71. The maximum absolute atomic E-state index is 12.7. The van der Waals surface area contributed by atoms with E-state index in [4.69, 9.17) is 0 Å². The van der Waals surface area contributed by atoms with E-state index in [1.54, 1.807) is 6.07 Å². The minimum absolute atomic E-state index is 0.122. The summed E-state index contributed by atoms with van der Waals surface area (Å²) in [5, 5.41) is 18.4. The van der Waals surface area contributed by atoms with Crippen LogP contribution in [-0.4, -0.2) is 43.8 Å². The van der Waals surface area contributed by atoms with E-state index in [0.717, 1.165) is 31.2 Å². The molecule has 2 amide bonds. The van der Waals surface area contributed by atoms with Crippen molar-refractivity contribution in [1.29, 1.82) is 0 Å².